The van der Waals surface area contributed by atoms with Crippen molar-refractivity contribution in [2.75, 3.05) is 11.9 Å². The second-order valence-electron chi connectivity index (χ2n) is 6.92. The Morgan fingerprint density at radius 3 is 2.67 bits per heavy atom. The quantitative estimate of drug-likeness (QED) is 0.757. The van der Waals surface area contributed by atoms with Crippen LogP contribution < -0.4 is 16.4 Å². The Morgan fingerprint density at radius 1 is 1.29 bits per heavy atom. The van der Waals surface area contributed by atoms with Crippen molar-refractivity contribution >= 4 is 28.5 Å². The summed E-state index contributed by atoms with van der Waals surface area (Å²) in [4.78, 5) is 28.5. The highest BCUT2D eigenvalue weighted by molar-refractivity contribution is 6.07. The molecule has 2 aromatic rings. The molecule has 1 aromatic carbocycles. The van der Waals surface area contributed by atoms with Gasteiger partial charge in [-0.2, -0.15) is 0 Å². The average molecular weight is 326 g/mol. The van der Waals surface area contributed by atoms with E-state index in [2.05, 4.69) is 15.6 Å². The van der Waals surface area contributed by atoms with Gasteiger partial charge in [-0.15, -0.1) is 0 Å². The first-order chi connectivity index (χ1) is 11.4. The van der Waals surface area contributed by atoms with Crippen LogP contribution >= 0.6 is 0 Å². The van der Waals surface area contributed by atoms with Crippen molar-refractivity contribution in [1.82, 2.24) is 10.3 Å². The highest BCUT2D eigenvalue weighted by Gasteiger charge is 2.26. The van der Waals surface area contributed by atoms with Crippen LogP contribution in [-0.4, -0.2) is 29.4 Å². The molecule has 1 aliphatic rings. The van der Waals surface area contributed by atoms with Crippen molar-refractivity contribution in [3.8, 4) is 0 Å². The Morgan fingerprint density at radius 2 is 2.00 bits per heavy atom. The first-order valence-corrected chi connectivity index (χ1v) is 8.11. The van der Waals surface area contributed by atoms with E-state index in [-0.39, 0.29) is 17.9 Å². The van der Waals surface area contributed by atoms with Crippen LogP contribution in [0.15, 0.2) is 30.3 Å². The molecule has 1 fully saturated rings. The molecule has 0 atom stereocenters. The van der Waals surface area contributed by atoms with Crippen molar-refractivity contribution in [2.45, 2.75) is 32.7 Å². The third-order valence-electron chi connectivity index (χ3n) is 4.25. The Kier molecular flexibility index (Phi) is 4.13. The smallest absolute Gasteiger partial charge is 0.252 e. The number of amides is 2. The molecule has 1 saturated carbocycles. The first-order valence-electron chi connectivity index (χ1n) is 8.11. The highest BCUT2D eigenvalue weighted by atomic mass is 16.2. The summed E-state index contributed by atoms with van der Waals surface area (Å²) in [5.74, 6) is 0.0831. The van der Waals surface area contributed by atoms with Gasteiger partial charge in [-0.3, -0.25) is 9.59 Å². The van der Waals surface area contributed by atoms with E-state index in [1.54, 1.807) is 19.9 Å². The van der Waals surface area contributed by atoms with Gasteiger partial charge in [0.25, 0.3) is 5.91 Å². The molecule has 1 aliphatic carbocycles. The van der Waals surface area contributed by atoms with E-state index in [0.717, 1.165) is 23.7 Å². The van der Waals surface area contributed by atoms with E-state index in [0.29, 0.717) is 17.9 Å². The number of carbonyl (C=O) groups excluding carboxylic acids is 2. The number of pyridine rings is 1. The van der Waals surface area contributed by atoms with Gasteiger partial charge in [0.05, 0.1) is 16.5 Å². The predicted octanol–water partition coefficient (Wildman–Crippen LogP) is 2.05. The Labute approximate surface area is 140 Å². The maximum atomic E-state index is 12.5. The fourth-order valence-electron chi connectivity index (χ4n) is 2.34. The molecule has 0 aliphatic heterocycles. The molecule has 6 nitrogen and oxygen atoms in total. The molecular formula is C18H22N4O2. The number of hydrogen-bond donors (Lipinski definition) is 3. The lowest BCUT2D eigenvalue weighted by atomic mass is 9.93. The monoisotopic (exact) mass is 326 g/mol. The van der Waals surface area contributed by atoms with Crippen molar-refractivity contribution in [2.24, 2.45) is 11.1 Å². The molecule has 2 amide bonds. The molecule has 0 spiro atoms. The molecule has 3 rings (SSSR count). The standard InChI is InChI=1S/C18H22N4O2/c1-18(2,17(19)24)10-20-15-9-13(16(23)21-11-7-8-11)12-5-3-4-6-14(12)22-15/h3-6,9,11H,7-8,10H2,1-2H3,(H2,19,24)(H,20,22)(H,21,23). The fraction of sp³-hybridized carbons (Fsp3) is 0.389. The molecule has 126 valence electrons. The fourth-order valence-corrected chi connectivity index (χ4v) is 2.34. The SMILES string of the molecule is CC(C)(CNc1cc(C(=O)NC2CC2)c2ccccc2n1)C(N)=O. The predicted molar refractivity (Wildman–Crippen MR) is 93.7 cm³/mol. The summed E-state index contributed by atoms with van der Waals surface area (Å²) in [6, 6.07) is 9.55. The number of primary amides is 1. The number of rotatable bonds is 6. The summed E-state index contributed by atoms with van der Waals surface area (Å²) in [6.07, 6.45) is 2.07. The number of nitrogens with zero attached hydrogens (tertiary/aromatic N) is 1. The van der Waals surface area contributed by atoms with Crippen LogP contribution in [0.1, 0.15) is 37.0 Å². The zero-order valence-corrected chi connectivity index (χ0v) is 13.9. The minimum absolute atomic E-state index is 0.0895. The summed E-state index contributed by atoms with van der Waals surface area (Å²) < 4.78 is 0. The lowest BCUT2D eigenvalue weighted by Gasteiger charge is -2.21. The number of carbonyl (C=O) groups is 2. The van der Waals surface area contributed by atoms with E-state index < -0.39 is 5.41 Å². The Bertz CT molecular complexity index is 797. The summed E-state index contributed by atoms with van der Waals surface area (Å²) in [5, 5.41) is 6.96. The van der Waals surface area contributed by atoms with Crippen molar-refractivity contribution in [1.29, 1.82) is 0 Å². The zero-order chi connectivity index (χ0) is 17.3. The van der Waals surface area contributed by atoms with Crippen molar-refractivity contribution < 1.29 is 9.59 Å². The zero-order valence-electron chi connectivity index (χ0n) is 13.9. The second-order valence-corrected chi connectivity index (χ2v) is 6.92. The van der Waals surface area contributed by atoms with E-state index in [9.17, 15) is 9.59 Å². The molecular weight excluding hydrogens is 304 g/mol. The van der Waals surface area contributed by atoms with Crippen LogP contribution in [0.5, 0.6) is 0 Å². The summed E-state index contributed by atoms with van der Waals surface area (Å²) >= 11 is 0. The number of nitrogens with two attached hydrogens (primary N) is 1. The molecule has 6 heteroatoms. The number of aromatic nitrogens is 1. The van der Waals surface area contributed by atoms with Gasteiger partial charge in [0.1, 0.15) is 5.82 Å². The van der Waals surface area contributed by atoms with Gasteiger partial charge in [0.2, 0.25) is 5.91 Å². The molecule has 0 saturated heterocycles. The summed E-state index contributed by atoms with van der Waals surface area (Å²) in [5.41, 5.74) is 6.02. The summed E-state index contributed by atoms with van der Waals surface area (Å²) in [6.45, 7) is 3.88. The minimum Gasteiger partial charge on any atom is -0.369 e. The van der Waals surface area contributed by atoms with Crippen LogP contribution in [0.2, 0.25) is 0 Å². The van der Waals surface area contributed by atoms with Crippen molar-refractivity contribution in [3.63, 3.8) is 0 Å². The third kappa shape index (κ3) is 3.48. The minimum atomic E-state index is -0.705. The number of nitrogens with one attached hydrogen (secondary N) is 2. The van der Waals surface area contributed by atoms with Gasteiger partial charge in [-0.05, 0) is 38.8 Å². The lowest BCUT2D eigenvalue weighted by molar-refractivity contribution is -0.125. The van der Waals surface area contributed by atoms with Crippen LogP contribution in [0.3, 0.4) is 0 Å². The molecule has 0 bridgehead atoms. The van der Waals surface area contributed by atoms with Crippen LogP contribution in [-0.2, 0) is 4.79 Å². The Balaban J connectivity index is 1.91. The van der Waals surface area contributed by atoms with Gasteiger partial charge in [-0.1, -0.05) is 18.2 Å². The largest absolute Gasteiger partial charge is 0.369 e. The number of anilines is 1. The number of fused-ring (bicyclic) bond motifs is 1. The van der Waals surface area contributed by atoms with E-state index >= 15 is 0 Å². The van der Waals surface area contributed by atoms with Crippen molar-refractivity contribution in [3.05, 3.63) is 35.9 Å². The molecule has 24 heavy (non-hydrogen) atoms. The van der Waals surface area contributed by atoms with Gasteiger partial charge in [0, 0.05) is 18.0 Å². The maximum absolute atomic E-state index is 12.5. The molecule has 1 heterocycles. The van der Waals surface area contributed by atoms with Gasteiger partial charge >= 0.3 is 0 Å². The maximum Gasteiger partial charge on any atom is 0.252 e. The van der Waals surface area contributed by atoms with Gasteiger partial charge < -0.3 is 16.4 Å². The molecule has 1 aromatic heterocycles. The second kappa shape index (κ2) is 6.11. The molecule has 0 radical (unpaired) electrons. The average Bonchev–Trinajstić information content (AvgIpc) is 3.36. The first kappa shape index (κ1) is 16.2. The molecule has 0 unspecified atom stereocenters. The van der Waals surface area contributed by atoms with E-state index in [1.807, 2.05) is 24.3 Å². The Hall–Kier alpha value is -2.63. The van der Waals surface area contributed by atoms with E-state index in [1.165, 1.54) is 0 Å². The molecule has 4 N–H and O–H groups in total. The summed E-state index contributed by atoms with van der Waals surface area (Å²) in [7, 11) is 0. The normalized spacial score (nSPS) is 14.4. The van der Waals surface area contributed by atoms with Crippen LogP contribution in [0.25, 0.3) is 10.9 Å². The third-order valence-corrected chi connectivity index (χ3v) is 4.25. The number of para-hydroxylation sites is 1. The van der Waals surface area contributed by atoms with Gasteiger partial charge in [0.15, 0.2) is 0 Å². The number of benzene rings is 1. The van der Waals surface area contributed by atoms with Gasteiger partial charge in [-0.25, -0.2) is 4.98 Å². The topological polar surface area (TPSA) is 97.1 Å². The van der Waals surface area contributed by atoms with Crippen LogP contribution in [0.4, 0.5) is 5.82 Å². The van der Waals surface area contributed by atoms with E-state index in [4.69, 9.17) is 5.73 Å². The number of hydrogen-bond acceptors (Lipinski definition) is 4. The van der Waals surface area contributed by atoms with Crippen LogP contribution in [0, 0.1) is 5.41 Å². The lowest BCUT2D eigenvalue weighted by Crippen LogP contribution is -2.37. The highest BCUT2D eigenvalue weighted by Crippen LogP contribution is 2.24.